The molecular weight excluding hydrogens is 180 g/mol. The Morgan fingerprint density at radius 3 is 2.62 bits per heavy atom. The van der Waals surface area contributed by atoms with Gasteiger partial charge < -0.3 is 24.8 Å². The number of rotatable bonds is 2. The fourth-order valence-corrected chi connectivity index (χ4v) is 1.14. The van der Waals surface area contributed by atoms with Crippen molar-refractivity contribution < 1.29 is 29.6 Å². The molecular formula is C7H12O6. The van der Waals surface area contributed by atoms with Crippen LogP contribution in [-0.4, -0.2) is 59.4 Å². The van der Waals surface area contributed by atoms with E-state index in [1.54, 1.807) is 0 Å². The summed E-state index contributed by atoms with van der Waals surface area (Å²) in [4.78, 5) is 11.1. The first-order valence-electron chi connectivity index (χ1n) is 3.80. The number of aliphatic hydroxyl groups excluding tert-OH is 3. The Hall–Kier alpha value is -0.530. The molecule has 0 spiro atoms. The molecule has 0 aliphatic carbocycles. The van der Waals surface area contributed by atoms with Gasteiger partial charge in [-0.2, -0.15) is 0 Å². The molecule has 0 radical (unpaired) electrons. The van der Waals surface area contributed by atoms with E-state index in [4.69, 9.17) is 9.84 Å². The van der Waals surface area contributed by atoms with Gasteiger partial charge in [0.25, 0.3) is 0 Å². The maximum Gasteiger partial charge on any atom is 0.220 e. The van der Waals surface area contributed by atoms with Crippen LogP contribution in [0.5, 0.6) is 0 Å². The molecule has 4 atom stereocenters. The fraction of sp³-hybridized carbons (Fsp3) is 0.857. The monoisotopic (exact) mass is 192 g/mol. The highest BCUT2D eigenvalue weighted by molar-refractivity contribution is 5.87. The third-order valence-electron chi connectivity index (χ3n) is 1.92. The minimum Gasteiger partial charge on any atom is -0.394 e. The third-order valence-corrected chi connectivity index (χ3v) is 1.92. The maximum atomic E-state index is 11.1. The number of aliphatic hydroxyl groups is 3. The second kappa shape index (κ2) is 4.12. The summed E-state index contributed by atoms with van der Waals surface area (Å²) in [6, 6.07) is 0. The molecule has 6 nitrogen and oxygen atoms in total. The van der Waals surface area contributed by atoms with E-state index in [0.717, 1.165) is 0 Å². The summed E-state index contributed by atoms with van der Waals surface area (Å²) in [5.74, 6) is -0.736. The van der Waals surface area contributed by atoms with Crippen LogP contribution in [0, 0.1) is 0 Å². The van der Waals surface area contributed by atoms with Crippen molar-refractivity contribution in [3.8, 4) is 0 Å². The van der Waals surface area contributed by atoms with Gasteiger partial charge in [-0.1, -0.05) is 0 Å². The van der Waals surface area contributed by atoms with Gasteiger partial charge in [0.15, 0.2) is 0 Å². The molecule has 1 saturated heterocycles. The lowest BCUT2D eigenvalue weighted by atomic mass is 10.0. The van der Waals surface area contributed by atoms with Gasteiger partial charge >= 0.3 is 0 Å². The van der Waals surface area contributed by atoms with Crippen molar-refractivity contribution in [2.45, 2.75) is 24.6 Å². The Morgan fingerprint density at radius 1 is 1.54 bits per heavy atom. The van der Waals surface area contributed by atoms with Gasteiger partial charge in [-0.05, 0) is 0 Å². The van der Waals surface area contributed by atoms with Crippen LogP contribution in [0.25, 0.3) is 0 Å². The summed E-state index contributed by atoms with van der Waals surface area (Å²) >= 11 is 0. The molecule has 1 heterocycles. The zero-order chi connectivity index (χ0) is 10.0. The molecule has 6 heteroatoms. The molecule has 0 aromatic heterocycles. The standard InChI is InChI=1S/C7H12O6/c1-12-7-6(11)5(10)4(9)3(2-8)13-7/h3-5,7-10H,2H2,1H3/t3-,4-,5+,7+/m1/s1. The van der Waals surface area contributed by atoms with Crippen molar-refractivity contribution in [2.75, 3.05) is 13.7 Å². The maximum absolute atomic E-state index is 11.1. The average Bonchev–Trinajstić information content (AvgIpc) is 2.15. The van der Waals surface area contributed by atoms with E-state index >= 15 is 0 Å². The van der Waals surface area contributed by atoms with E-state index in [9.17, 15) is 15.0 Å². The highest BCUT2D eigenvalue weighted by atomic mass is 16.7. The Kier molecular flexibility index (Phi) is 3.34. The number of ketones is 1. The third kappa shape index (κ3) is 1.87. The zero-order valence-electron chi connectivity index (χ0n) is 7.08. The number of hydrogen-bond donors (Lipinski definition) is 3. The number of Topliss-reactive ketones (excluding diaryl/α,β-unsaturated/α-hetero) is 1. The van der Waals surface area contributed by atoms with Crippen LogP contribution in [-0.2, 0) is 14.3 Å². The van der Waals surface area contributed by atoms with Crippen LogP contribution in [0.3, 0.4) is 0 Å². The van der Waals surface area contributed by atoms with Gasteiger partial charge in [-0.25, -0.2) is 0 Å². The highest BCUT2D eigenvalue weighted by Crippen LogP contribution is 2.17. The number of carbonyl (C=O) groups excluding carboxylic acids is 1. The smallest absolute Gasteiger partial charge is 0.220 e. The van der Waals surface area contributed by atoms with Crippen molar-refractivity contribution in [1.29, 1.82) is 0 Å². The largest absolute Gasteiger partial charge is 0.394 e. The molecule has 0 amide bonds. The molecule has 1 aliphatic heterocycles. The lowest BCUT2D eigenvalue weighted by molar-refractivity contribution is -0.233. The van der Waals surface area contributed by atoms with E-state index in [0.29, 0.717) is 0 Å². The predicted octanol–water partition coefficient (Wildman–Crippen LogP) is -2.36. The summed E-state index contributed by atoms with van der Waals surface area (Å²) in [5, 5.41) is 27.1. The van der Waals surface area contributed by atoms with E-state index in [1.165, 1.54) is 7.11 Å². The van der Waals surface area contributed by atoms with E-state index in [2.05, 4.69) is 4.74 Å². The van der Waals surface area contributed by atoms with Crippen LogP contribution in [0.1, 0.15) is 0 Å². The van der Waals surface area contributed by atoms with Crippen LogP contribution >= 0.6 is 0 Å². The van der Waals surface area contributed by atoms with Gasteiger partial charge in [0.05, 0.1) is 6.61 Å². The Bertz CT molecular complexity index is 189. The predicted molar refractivity (Wildman–Crippen MR) is 39.8 cm³/mol. The van der Waals surface area contributed by atoms with Gasteiger partial charge in [0.1, 0.15) is 18.3 Å². The molecule has 0 aromatic carbocycles. The van der Waals surface area contributed by atoms with Gasteiger partial charge in [0.2, 0.25) is 12.1 Å². The number of hydrogen-bond acceptors (Lipinski definition) is 6. The molecule has 0 aromatic rings. The molecule has 0 saturated carbocycles. The Balaban J connectivity index is 2.72. The summed E-state index contributed by atoms with van der Waals surface area (Å²) in [6.45, 7) is -0.481. The Labute approximate surface area is 74.7 Å². The van der Waals surface area contributed by atoms with Crippen LogP contribution in [0.2, 0.25) is 0 Å². The first-order chi connectivity index (χ1) is 6.11. The highest BCUT2D eigenvalue weighted by Gasteiger charge is 2.43. The summed E-state index contributed by atoms with van der Waals surface area (Å²) in [7, 11) is 1.24. The number of carbonyl (C=O) groups is 1. The second-order valence-corrected chi connectivity index (χ2v) is 2.76. The van der Waals surface area contributed by atoms with Crippen LogP contribution in [0.4, 0.5) is 0 Å². The lowest BCUT2D eigenvalue weighted by Crippen LogP contribution is -2.56. The van der Waals surface area contributed by atoms with Crippen LogP contribution in [0.15, 0.2) is 0 Å². The molecule has 1 fully saturated rings. The van der Waals surface area contributed by atoms with Crippen molar-refractivity contribution in [3.63, 3.8) is 0 Å². The number of ether oxygens (including phenoxy) is 2. The van der Waals surface area contributed by atoms with Crippen molar-refractivity contribution in [1.82, 2.24) is 0 Å². The van der Waals surface area contributed by atoms with Gasteiger partial charge in [-0.15, -0.1) is 0 Å². The normalized spacial score (nSPS) is 40.8. The Morgan fingerprint density at radius 2 is 2.15 bits per heavy atom. The SMILES string of the molecule is CO[C@H]1O[C@H](CO)[C@@H](O)[C@H](O)C1=O. The summed E-state index contributed by atoms with van der Waals surface area (Å²) in [6.07, 6.45) is -5.16. The number of methoxy groups -OCH3 is 1. The molecule has 0 bridgehead atoms. The van der Waals surface area contributed by atoms with Gasteiger partial charge in [-0.3, -0.25) is 4.79 Å². The second-order valence-electron chi connectivity index (χ2n) is 2.76. The molecule has 13 heavy (non-hydrogen) atoms. The minimum absolute atomic E-state index is 0.481. The van der Waals surface area contributed by atoms with Crippen molar-refractivity contribution in [3.05, 3.63) is 0 Å². The molecule has 76 valence electrons. The van der Waals surface area contributed by atoms with Crippen LogP contribution < -0.4 is 0 Å². The molecule has 0 unspecified atom stereocenters. The van der Waals surface area contributed by atoms with E-state index in [1.807, 2.05) is 0 Å². The minimum atomic E-state index is -1.56. The van der Waals surface area contributed by atoms with E-state index < -0.39 is 37.0 Å². The fourth-order valence-electron chi connectivity index (χ4n) is 1.14. The van der Waals surface area contributed by atoms with Gasteiger partial charge in [0, 0.05) is 7.11 Å². The zero-order valence-corrected chi connectivity index (χ0v) is 7.08. The molecule has 1 rings (SSSR count). The average molecular weight is 192 g/mol. The quantitative estimate of drug-likeness (QED) is 0.453. The van der Waals surface area contributed by atoms with Crippen molar-refractivity contribution in [2.24, 2.45) is 0 Å². The van der Waals surface area contributed by atoms with Crippen molar-refractivity contribution >= 4 is 5.78 Å². The lowest BCUT2D eigenvalue weighted by Gasteiger charge is -2.33. The first kappa shape index (κ1) is 10.6. The topological polar surface area (TPSA) is 96.2 Å². The summed E-state index contributed by atoms with van der Waals surface area (Å²) < 4.78 is 9.45. The summed E-state index contributed by atoms with van der Waals surface area (Å²) in [5.41, 5.74) is 0. The van der Waals surface area contributed by atoms with E-state index in [-0.39, 0.29) is 0 Å². The molecule has 1 aliphatic rings. The molecule has 3 N–H and O–H groups in total. The first-order valence-corrected chi connectivity index (χ1v) is 3.80.